The van der Waals surface area contributed by atoms with E-state index < -0.39 is 0 Å². The molecule has 0 saturated heterocycles. The second-order valence-corrected chi connectivity index (χ2v) is 7.56. The van der Waals surface area contributed by atoms with Crippen molar-refractivity contribution in [3.05, 3.63) is 54.7 Å². The van der Waals surface area contributed by atoms with Crippen molar-refractivity contribution in [1.29, 1.82) is 0 Å². The molecule has 130 valence electrons. The zero-order chi connectivity index (χ0) is 17.9. The van der Waals surface area contributed by atoms with E-state index in [4.69, 9.17) is 4.74 Å². The number of hydrogen-bond donors (Lipinski definition) is 1. The number of ether oxygens (including phenoxy) is 1. The van der Waals surface area contributed by atoms with Crippen LogP contribution >= 0.6 is 23.1 Å². The van der Waals surface area contributed by atoms with E-state index in [1.807, 2.05) is 48.5 Å². The second-order valence-electron chi connectivity index (χ2n) is 5.52. The van der Waals surface area contributed by atoms with Crippen molar-refractivity contribution in [2.24, 2.45) is 0 Å². The van der Waals surface area contributed by atoms with Gasteiger partial charge in [-0.3, -0.25) is 9.78 Å². The number of hydrogen-bond acceptors (Lipinski definition) is 6. The van der Waals surface area contributed by atoms with Gasteiger partial charge in [-0.25, -0.2) is 4.98 Å². The first-order valence-corrected chi connectivity index (χ1v) is 9.74. The van der Waals surface area contributed by atoms with Gasteiger partial charge in [-0.15, -0.1) is 11.8 Å². The van der Waals surface area contributed by atoms with Crippen LogP contribution in [-0.4, -0.2) is 28.7 Å². The summed E-state index contributed by atoms with van der Waals surface area (Å²) in [5.74, 6) is 1.01. The molecule has 7 heteroatoms. The van der Waals surface area contributed by atoms with Crippen LogP contribution < -0.4 is 10.1 Å². The lowest BCUT2D eigenvalue weighted by molar-refractivity contribution is -0.113. The number of carbonyl (C=O) groups excluding carboxylic acids is 1. The summed E-state index contributed by atoms with van der Waals surface area (Å²) in [6.45, 7) is 0. The third-order valence-electron chi connectivity index (χ3n) is 3.81. The van der Waals surface area contributed by atoms with Crippen molar-refractivity contribution >= 4 is 55.3 Å². The molecule has 0 aliphatic carbocycles. The molecule has 0 spiro atoms. The van der Waals surface area contributed by atoms with E-state index in [1.165, 1.54) is 23.1 Å². The number of amides is 1. The SMILES string of the molecule is COc1ccc2nc(NC(=O)CSc3ccnc4ccccc34)sc2c1. The number of rotatable bonds is 5. The standard InChI is InChI=1S/C19H15N3O2S2/c1-24-12-6-7-15-17(10-12)26-19(21-15)22-18(23)11-25-16-8-9-20-14-5-3-2-4-13(14)16/h2-10H,11H2,1H3,(H,21,22,23). The molecule has 2 heterocycles. The predicted octanol–water partition coefficient (Wildman–Crippen LogP) is 4.58. The van der Waals surface area contributed by atoms with Gasteiger partial charge in [-0.05, 0) is 30.3 Å². The van der Waals surface area contributed by atoms with Crippen LogP contribution in [0.25, 0.3) is 21.1 Å². The van der Waals surface area contributed by atoms with Gasteiger partial charge in [0, 0.05) is 16.5 Å². The van der Waals surface area contributed by atoms with Gasteiger partial charge in [0.05, 0.1) is 28.6 Å². The van der Waals surface area contributed by atoms with Crippen LogP contribution in [-0.2, 0) is 4.79 Å². The molecule has 0 saturated carbocycles. The van der Waals surface area contributed by atoms with Gasteiger partial charge in [-0.2, -0.15) is 0 Å². The number of para-hydroxylation sites is 1. The highest BCUT2D eigenvalue weighted by atomic mass is 32.2. The van der Waals surface area contributed by atoms with Crippen LogP contribution in [0.5, 0.6) is 5.75 Å². The number of thiazole rings is 1. The predicted molar refractivity (Wildman–Crippen MR) is 107 cm³/mol. The Kier molecular flexibility index (Phi) is 4.73. The topological polar surface area (TPSA) is 64.1 Å². The molecule has 0 fully saturated rings. The molecule has 26 heavy (non-hydrogen) atoms. The highest BCUT2D eigenvalue weighted by Crippen LogP contribution is 2.30. The Morgan fingerprint density at radius 3 is 2.96 bits per heavy atom. The van der Waals surface area contributed by atoms with Crippen molar-refractivity contribution in [3.63, 3.8) is 0 Å². The number of fused-ring (bicyclic) bond motifs is 2. The fourth-order valence-electron chi connectivity index (χ4n) is 2.58. The first-order chi connectivity index (χ1) is 12.7. The first-order valence-electron chi connectivity index (χ1n) is 7.94. The van der Waals surface area contributed by atoms with Crippen molar-refractivity contribution < 1.29 is 9.53 Å². The maximum atomic E-state index is 12.3. The van der Waals surface area contributed by atoms with Gasteiger partial charge in [-0.1, -0.05) is 29.5 Å². The zero-order valence-electron chi connectivity index (χ0n) is 13.9. The monoisotopic (exact) mass is 381 g/mol. The van der Waals surface area contributed by atoms with Gasteiger partial charge in [0.2, 0.25) is 5.91 Å². The van der Waals surface area contributed by atoms with E-state index in [2.05, 4.69) is 15.3 Å². The van der Waals surface area contributed by atoms with Crippen molar-refractivity contribution in [1.82, 2.24) is 9.97 Å². The van der Waals surface area contributed by atoms with E-state index >= 15 is 0 Å². The fraction of sp³-hybridized carbons (Fsp3) is 0.105. The molecule has 4 aromatic rings. The van der Waals surface area contributed by atoms with Gasteiger partial charge >= 0.3 is 0 Å². The van der Waals surface area contributed by atoms with Gasteiger partial charge in [0.1, 0.15) is 5.75 Å². The quantitative estimate of drug-likeness (QED) is 0.513. The summed E-state index contributed by atoms with van der Waals surface area (Å²) in [5, 5.41) is 4.53. The number of thioether (sulfide) groups is 1. The molecule has 1 N–H and O–H groups in total. The minimum atomic E-state index is -0.0816. The average molecular weight is 381 g/mol. The third-order valence-corrected chi connectivity index (χ3v) is 5.82. The number of anilines is 1. The lowest BCUT2D eigenvalue weighted by Crippen LogP contribution is -2.13. The number of benzene rings is 2. The van der Waals surface area contributed by atoms with E-state index in [-0.39, 0.29) is 5.91 Å². The van der Waals surface area contributed by atoms with Crippen LogP contribution in [0.15, 0.2) is 59.6 Å². The van der Waals surface area contributed by atoms with Crippen LogP contribution in [0.1, 0.15) is 0 Å². The number of methoxy groups -OCH3 is 1. The Morgan fingerprint density at radius 1 is 1.19 bits per heavy atom. The first kappa shape index (κ1) is 16.8. The molecule has 0 unspecified atom stereocenters. The van der Waals surface area contributed by atoms with Crippen LogP contribution in [0, 0.1) is 0 Å². The molecule has 2 aromatic heterocycles. The largest absolute Gasteiger partial charge is 0.497 e. The van der Waals surface area contributed by atoms with E-state index in [0.29, 0.717) is 10.9 Å². The summed E-state index contributed by atoms with van der Waals surface area (Å²) in [7, 11) is 1.63. The van der Waals surface area contributed by atoms with Gasteiger partial charge < -0.3 is 10.1 Å². The molecule has 2 aromatic carbocycles. The molecular formula is C19H15N3O2S2. The Bertz CT molecular complexity index is 1090. The van der Waals surface area contributed by atoms with E-state index in [0.717, 1.165) is 31.8 Å². The summed E-state index contributed by atoms with van der Waals surface area (Å²) in [4.78, 5) is 22.1. The van der Waals surface area contributed by atoms with Crippen LogP contribution in [0.4, 0.5) is 5.13 Å². The highest BCUT2D eigenvalue weighted by molar-refractivity contribution is 8.00. The smallest absolute Gasteiger partial charge is 0.236 e. The summed E-state index contributed by atoms with van der Waals surface area (Å²) >= 11 is 2.93. The number of aromatic nitrogens is 2. The Hall–Kier alpha value is -2.64. The second kappa shape index (κ2) is 7.31. The number of carbonyl (C=O) groups is 1. The van der Waals surface area contributed by atoms with Crippen molar-refractivity contribution in [2.45, 2.75) is 4.90 Å². The average Bonchev–Trinajstić information content (AvgIpc) is 3.07. The molecule has 0 atom stereocenters. The molecule has 0 aliphatic rings. The van der Waals surface area contributed by atoms with E-state index in [1.54, 1.807) is 13.3 Å². The molecule has 0 aliphatic heterocycles. The van der Waals surface area contributed by atoms with Gasteiger partial charge in [0.25, 0.3) is 0 Å². The van der Waals surface area contributed by atoms with Crippen LogP contribution in [0.2, 0.25) is 0 Å². The molecule has 0 bridgehead atoms. The fourth-order valence-corrected chi connectivity index (χ4v) is 4.33. The third kappa shape index (κ3) is 3.49. The lowest BCUT2D eigenvalue weighted by atomic mass is 10.2. The van der Waals surface area contributed by atoms with E-state index in [9.17, 15) is 4.79 Å². The summed E-state index contributed by atoms with van der Waals surface area (Å²) in [6, 6.07) is 15.5. The molecular weight excluding hydrogens is 366 g/mol. The maximum absolute atomic E-state index is 12.3. The van der Waals surface area contributed by atoms with Crippen molar-refractivity contribution in [3.8, 4) is 5.75 Å². The summed E-state index contributed by atoms with van der Waals surface area (Å²) in [5.41, 5.74) is 1.77. The van der Waals surface area contributed by atoms with Crippen molar-refractivity contribution in [2.75, 3.05) is 18.2 Å². The minimum absolute atomic E-state index is 0.0816. The lowest BCUT2D eigenvalue weighted by Gasteiger charge is -2.05. The summed E-state index contributed by atoms with van der Waals surface area (Å²) < 4.78 is 6.20. The molecule has 5 nitrogen and oxygen atoms in total. The highest BCUT2D eigenvalue weighted by Gasteiger charge is 2.10. The maximum Gasteiger partial charge on any atom is 0.236 e. The summed E-state index contributed by atoms with van der Waals surface area (Å²) in [6.07, 6.45) is 1.77. The normalized spacial score (nSPS) is 11.0. The molecule has 1 amide bonds. The van der Waals surface area contributed by atoms with Crippen LogP contribution in [0.3, 0.4) is 0 Å². The minimum Gasteiger partial charge on any atom is -0.497 e. The Balaban J connectivity index is 1.45. The Morgan fingerprint density at radius 2 is 2.08 bits per heavy atom. The Labute approximate surface area is 158 Å². The molecule has 4 rings (SSSR count). The number of nitrogens with one attached hydrogen (secondary N) is 1. The van der Waals surface area contributed by atoms with Gasteiger partial charge in [0.15, 0.2) is 5.13 Å². The number of pyridine rings is 1. The molecule has 0 radical (unpaired) electrons. The zero-order valence-corrected chi connectivity index (χ0v) is 15.6. The number of nitrogens with zero attached hydrogens (tertiary/aromatic N) is 2.